The van der Waals surface area contributed by atoms with Gasteiger partial charge in [-0.2, -0.15) is 0 Å². The number of fused-ring (bicyclic) bond motifs is 1. The normalized spacial score (nSPS) is 11.6. The largest absolute Gasteiger partial charge is 0.494 e. The van der Waals surface area contributed by atoms with Crippen molar-refractivity contribution in [3.05, 3.63) is 59.9 Å². The van der Waals surface area contributed by atoms with Crippen LogP contribution in [0.25, 0.3) is 11.0 Å². The quantitative estimate of drug-likeness (QED) is 0.460. The number of para-hydroxylation sites is 2. The first-order valence-electron chi connectivity index (χ1n) is 11.3. The molecule has 1 N–H and O–H groups in total. The number of carbonyl (C=O) groups is 1. The summed E-state index contributed by atoms with van der Waals surface area (Å²) in [6.45, 7) is 10.1. The second-order valence-electron chi connectivity index (χ2n) is 8.98. The molecule has 2 aromatic carbocycles. The third-order valence-electron chi connectivity index (χ3n) is 5.40. The summed E-state index contributed by atoms with van der Waals surface area (Å²) in [6.07, 6.45) is 3.64. The minimum Gasteiger partial charge on any atom is -0.494 e. The smallest absolute Gasteiger partial charge is 0.225 e. The van der Waals surface area contributed by atoms with Crippen molar-refractivity contribution in [3.8, 4) is 5.75 Å². The highest BCUT2D eigenvalue weighted by molar-refractivity contribution is 5.81. The van der Waals surface area contributed by atoms with E-state index in [4.69, 9.17) is 9.72 Å². The first-order valence-corrected chi connectivity index (χ1v) is 11.3. The maximum atomic E-state index is 12.1. The van der Waals surface area contributed by atoms with Crippen molar-refractivity contribution in [3.63, 3.8) is 0 Å². The molecule has 0 saturated heterocycles. The fraction of sp³-hybridized carbons (Fsp3) is 0.462. The molecule has 31 heavy (non-hydrogen) atoms. The lowest BCUT2D eigenvalue weighted by Gasteiger charge is -2.17. The van der Waals surface area contributed by atoms with E-state index < -0.39 is 0 Å². The van der Waals surface area contributed by atoms with E-state index in [2.05, 4.69) is 47.1 Å². The lowest BCUT2D eigenvalue weighted by Crippen LogP contribution is -2.35. The van der Waals surface area contributed by atoms with Crippen LogP contribution in [0.5, 0.6) is 5.75 Å². The molecule has 0 fully saturated rings. The van der Waals surface area contributed by atoms with Gasteiger partial charge in [-0.1, -0.05) is 52.0 Å². The zero-order valence-corrected chi connectivity index (χ0v) is 19.3. The van der Waals surface area contributed by atoms with Crippen LogP contribution in [0.1, 0.15) is 51.9 Å². The first kappa shape index (κ1) is 22.9. The van der Waals surface area contributed by atoms with Gasteiger partial charge in [0, 0.05) is 24.9 Å². The average molecular weight is 422 g/mol. The highest BCUT2D eigenvalue weighted by atomic mass is 16.5. The number of nitrogens with one attached hydrogen (secondary N) is 1. The number of ether oxygens (including phenoxy) is 1. The predicted molar refractivity (Wildman–Crippen MR) is 126 cm³/mol. The Balaban J connectivity index is 1.56. The van der Waals surface area contributed by atoms with Crippen molar-refractivity contribution in [2.75, 3.05) is 13.2 Å². The molecule has 1 amide bonds. The summed E-state index contributed by atoms with van der Waals surface area (Å²) in [5.74, 6) is 2.08. The van der Waals surface area contributed by atoms with Gasteiger partial charge in [0.1, 0.15) is 11.6 Å². The van der Waals surface area contributed by atoms with E-state index in [1.807, 2.05) is 39.0 Å². The Bertz CT molecular complexity index is 984. The van der Waals surface area contributed by atoms with E-state index in [0.29, 0.717) is 13.2 Å². The molecule has 166 valence electrons. The van der Waals surface area contributed by atoms with Crippen LogP contribution >= 0.6 is 0 Å². The molecular weight excluding hydrogens is 386 g/mol. The third kappa shape index (κ3) is 6.33. The Morgan fingerprint density at radius 2 is 1.81 bits per heavy atom. The average Bonchev–Trinajstić information content (AvgIpc) is 3.11. The highest BCUT2D eigenvalue weighted by Crippen LogP contribution is 2.19. The molecule has 1 aromatic heterocycles. The van der Waals surface area contributed by atoms with Crippen molar-refractivity contribution in [2.45, 2.75) is 59.9 Å². The molecule has 5 nitrogen and oxygen atoms in total. The molecule has 0 atom stereocenters. The number of aromatic nitrogens is 2. The number of benzene rings is 2. The number of amides is 1. The SMILES string of the molecule is CCc1ccc(OCCCn2c(CCCNC(=O)C(C)(C)C)nc3ccccc32)cc1. The van der Waals surface area contributed by atoms with Gasteiger partial charge in [-0.15, -0.1) is 0 Å². The van der Waals surface area contributed by atoms with Crippen LogP contribution in [0.3, 0.4) is 0 Å². The van der Waals surface area contributed by atoms with Gasteiger partial charge < -0.3 is 14.6 Å². The van der Waals surface area contributed by atoms with Crippen molar-refractivity contribution >= 4 is 16.9 Å². The van der Waals surface area contributed by atoms with E-state index in [1.165, 1.54) is 5.56 Å². The minimum absolute atomic E-state index is 0.0881. The minimum atomic E-state index is -0.357. The fourth-order valence-corrected chi connectivity index (χ4v) is 3.51. The van der Waals surface area contributed by atoms with Crippen LogP contribution in [0, 0.1) is 5.41 Å². The van der Waals surface area contributed by atoms with Crippen LogP contribution in [0.4, 0.5) is 0 Å². The standard InChI is InChI=1S/C26H35N3O2/c1-5-20-13-15-21(16-14-20)31-19-9-18-29-23-11-7-6-10-22(23)28-24(29)12-8-17-27-25(30)26(2,3)4/h6-7,10-11,13-16H,5,8-9,12,17-19H2,1-4H3,(H,27,30). The van der Waals surface area contributed by atoms with Gasteiger partial charge in [0.05, 0.1) is 17.6 Å². The van der Waals surface area contributed by atoms with Gasteiger partial charge in [0.2, 0.25) is 5.91 Å². The van der Waals surface area contributed by atoms with E-state index in [1.54, 1.807) is 0 Å². The second-order valence-corrected chi connectivity index (χ2v) is 8.98. The summed E-state index contributed by atoms with van der Waals surface area (Å²) in [6, 6.07) is 16.6. The monoisotopic (exact) mass is 421 g/mol. The van der Waals surface area contributed by atoms with Gasteiger partial charge in [0.25, 0.3) is 0 Å². The summed E-state index contributed by atoms with van der Waals surface area (Å²) >= 11 is 0. The Kier molecular flexibility index (Phi) is 7.72. The summed E-state index contributed by atoms with van der Waals surface area (Å²) in [5.41, 5.74) is 3.14. The van der Waals surface area contributed by atoms with Gasteiger partial charge in [0.15, 0.2) is 0 Å². The third-order valence-corrected chi connectivity index (χ3v) is 5.40. The topological polar surface area (TPSA) is 56.1 Å². The van der Waals surface area contributed by atoms with Gasteiger partial charge in [-0.3, -0.25) is 4.79 Å². The van der Waals surface area contributed by atoms with E-state index >= 15 is 0 Å². The Labute approximate surface area is 185 Å². The maximum absolute atomic E-state index is 12.1. The molecule has 0 unspecified atom stereocenters. The van der Waals surface area contributed by atoms with Crippen LogP contribution in [0.2, 0.25) is 0 Å². The molecule has 0 aliphatic rings. The van der Waals surface area contributed by atoms with Gasteiger partial charge >= 0.3 is 0 Å². The van der Waals surface area contributed by atoms with Crippen LogP contribution in [-0.4, -0.2) is 28.6 Å². The highest BCUT2D eigenvalue weighted by Gasteiger charge is 2.20. The zero-order chi connectivity index (χ0) is 22.3. The number of imidazole rings is 1. The second kappa shape index (κ2) is 10.5. The molecule has 0 saturated carbocycles. The number of aryl methyl sites for hydroxylation is 3. The lowest BCUT2D eigenvalue weighted by molar-refractivity contribution is -0.128. The summed E-state index contributed by atoms with van der Waals surface area (Å²) < 4.78 is 8.23. The van der Waals surface area contributed by atoms with E-state index in [0.717, 1.165) is 54.8 Å². The molecule has 0 aliphatic heterocycles. The van der Waals surface area contributed by atoms with Crippen LogP contribution < -0.4 is 10.1 Å². The number of rotatable bonds is 10. The van der Waals surface area contributed by atoms with Crippen LogP contribution in [0.15, 0.2) is 48.5 Å². The van der Waals surface area contributed by atoms with Crippen molar-refractivity contribution < 1.29 is 9.53 Å². The molecule has 3 aromatic rings. The Morgan fingerprint density at radius 1 is 1.06 bits per heavy atom. The summed E-state index contributed by atoms with van der Waals surface area (Å²) in [5, 5.41) is 3.03. The maximum Gasteiger partial charge on any atom is 0.225 e. The van der Waals surface area contributed by atoms with E-state index in [-0.39, 0.29) is 11.3 Å². The molecule has 0 radical (unpaired) electrons. The number of hydrogen-bond acceptors (Lipinski definition) is 3. The van der Waals surface area contributed by atoms with Gasteiger partial charge in [-0.05, 0) is 49.1 Å². The molecule has 0 bridgehead atoms. The number of nitrogens with zero attached hydrogens (tertiary/aromatic N) is 2. The van der Waals surface area contributed by atoms with E-state index in [9.17, 15) is 4.79 Å². The van der Waals surface area contributed by atoms with Gasteiger partial charge in [-0.25, -0.2) is 4.98 Å². The molecular formula is C26H35N3O2. The van der Waals surface area contributed by atoms with Crippen molar-refractivity contribution in [2.24, 2.45) is 5.41 Å². The number of carbonyl (C=O) groups excluding carboxylic acids is 1. The summed E-state index contributed by atoms with van der Waals surface area (Å²) in [4.78, 5) is 16.9. The Hall–Kier alpha value is -2.82. The number of hydrogen-bond donors (Lipinski definition) is 1. The lowest BCUT2D eigenvalue weighted by atomic mass is 9.96. The molecule has 3 rings (SSSR count). The summed E-state index contributed by atoms with van der Waals surface area (Å²) in [7, 11) is 0. The zero-order valence-electron chi connectivity index (χ0n) is 19.3. The first-order chi connectivity index (χ1) is 14.9. The fourth-order valence-electron chi connectivity index (χ4n) is 3.51. The Morgan fingerprint density at radius 3 is 2.52 bits per heavy atom. The molecule has 0 spiro atoms. The molecule has 0 aliphatic carbocycles. The van der Waals surface area contributed by atoms with Crippen molar-refractivity contribution in [1.82, 2.24) is 14.9 Å². The molecule has 1 heterocycles. The van der Waals surface area contributed by atoms with Crippen LogP contribution in [-0.2, 0) is 24.2 Å². The molecule has 5 heteroatoms. The van der Waals surface area contributed by atoms with Crippen molar-refractivity contribution in [1.29, 1.82) is 0 Å². The predicted octanol–water partition coefficient (Wildman–Crippen LogP) is 5.16.